The van der Waals surface area contributed by atoms with E-state index in [9.17, 15) is 13.6 Å². The highest BCUT2D eigenvalue weighted by molar-refractivity contribution is 6.35. The largest absolute Gasteiger partial charge is 0.382 e. The lowest BCUT2D eigenvalue weighted by molar-refractivity contribution is 0.153. The van der Waals surface area contributed by atoms with Gasteiger partial charge in [-0.1, -0.05) is 23.7 Å². The first kappa shape index (κ1) is 20.5. The second-order valence-electron chi connectivity index (χ2n) is 6.58. The zero-order chi connectivity index (χ0) is 22.3. The zero-order valence-corrected chi connectivity index (χ0v) is 16.7. The van der Waals surface area contributed by atoms with Crippen LogP contribution >= 0.6 is 11.6 Å². The molecule has 0 saturated carbocycles. The molecule has 6 N–H and O–H groups in total. The monoisotopic (exact) mass is 447 g/mol. The van der Waals surface area contributed by atoms with Crippen molar-refractivity contribution in [2.75, 3.05) is 16.8 Å². The maximum atomic E-state index is 13.6. The summed E-state index contributed by atoms with van der Waals surface area (Å²) in [7, 11) is 0. The standard InChI is InChI=1S/C18H16ClF2N9O/c1-7(25-15-12(19)14(22)27-18(23)28-15)16-26-9-4-2-3-8(13(20)21)11(9)17(31)30(16)10-5-6-24-29-10/h2-7,13H,1H3,(H,24,29)(H5,22,23,25,27,28). The fraction of sp³-hybridized carbons (Fsp3) is 0.167. The van der Waals surface area contributed by atoms with E-state index in [4.69, 9.17) is 23.1 Å². The van der Waals surface area contributed by atoms with Gasteiger partial charge in [-0.15, -0.1) is 0 Å². The Hall–Kier alpha value is -3.80. The van der Waals surface area contributed by atoms with Crippen LogP contribution in [0.15, 0.2) is 35.3 Å². The van der Waals surface area contributed by atoms with Gasteiger partial charge in [-0.25, -0.2) is 18.3 Å². The number of rotatable bonds is 5. The van der Waals surface area contributed by atoms with E-state index >= 15 is 0 Å². The molecule has 0 saturated heterocycles. The van der Waals surface area contributed by atoms with E-state index in [1.54, 1.807) is 6.92 Å². The summed E-state index contributed by atoms with van der Waals surface area (Å²) in [5.41, 5.74) is 10.4. The summed E-state index contributed by atoms with van der Waals surface area (Å²) in [4.78, 5) is 25.6. The van der Waals surface area contributed by atoms with Crippen LogP contribution in [0.2, 0.25) is 5.02 Å². The van der Waals surface area contributed by atoms with E-state index in [2.05, 4.69) is 30.5 Å². The number of aromatic amines is 1. The molecule has 31 heavy (non-hydrogen) atoms. The maximum Gasteiger partial charge on any atom is 0.267 e. The second-order valence-corrected chi connectivity index (χ2v) is 6.96. The third kappa shape index (κ3) is 3.61. The van der Waals surface area contributed by atoms with E-state index in [1.165, 1.54) is 30.5 Å². The van der Waals surface area contributed by atoms with Crippen LogP contribution in [0.1, 0.15) is 30.8 Å². The number of nitrogens with two attached hydrogens (primary N) is 2. The Kier molecular flexibility index (Phi) is 5.15. The molecule has 13 heteroatoms. The quantitative estimate of drug-likeness (QED) is 0.364. The van der Waals surface area contributed by atoms with E-state index in [1.807, 2.05) is 0 Å². The van der Waals surface area contributed by atoms with E-state index in [-0.39, 0.29) is 45.2 Å². The molecule has 160 valence electrons. The van der Waals surface area contributed by atoms with Gasteiger partial charge in [-0.3, -0.25) is 9.89 Å². The highest BCUT2D eigenvalue weighted by Crippen LogP contribution is 2.30. The maximum absolute atomic E-state index is 13.6. The number of alkyl halides is 2. The Morgan fingerprint density at radius 2 is 1.97 bits per heavy atom. The van der Waals surface area contributed by atoms with Crippen LogP contribution in [0.4, 0.5) is 26.4 Å². The number of halogens is 3. The Labute approximate surface area is 178 Å². The average molecular weight is 448 g/mol. The third-order valence-corrected chi connectivity index (χ3v) is 4.91. The molecule has 3 aromatic heterocycles. The lowest BCUT2D eigenvalue weighted by Gasteiger charge is -2.20. The summed E-state index contributed by atoms with van der Waals surface area (Å²) in [6.07, 6.45) is -1.35. The van der Waals surface area contributed by atoms with Crippen LogP contribution in [-0.4, -0.2) is 29.7 Å². The molecule has 0 aliphatic heterocycles. The topological polar surface area (TPSA) is 153 Å². The fourth-order valence-electron chi connectivity index (χ4n) is 3.19. The molecule has 0 amide bonds. The minimum Gasteiger partial charge on any atom is -0.382 e. The summed E-state index contributed by atoms with van der Waals surface area (Å²) in [6.45, 7) is 1.68. The summed E-state index contributed by atoms with van der Waals surface area (Å²) < 4.78 is 28.3. The van der Waals surface area contributed by atoms with Gasteiger partial charge in [0, 0.05) is 17.8 Å². The van der Waals surface area contributed by atoms with E-state index < -0.39 is 23.6 Å². The molecule has 0 radical (unpaired) electrons. The molecule has 4 rings (SSSR count). The van der Waals surface area contributed by atoms with Gasteiger partial charge in [-0.2, -0.15) is 15.1 Å². The number of nitrogens with zero attached hydrogens (tertiary/aromatic N) is 5. The van der Waals surface area contributed by atoms with Crippen molar-refractivity contribution < 1.29 is 8.78 Å². The summed E-state index contributed by atoms with van der Waals surface area (Å²) in [6, 6.07) is 4.93. The lowest BCUT2D eigenvalue weighted by atomic mass is 10.1. The first-order valence-corrected chi connectivity index (χ1v) is 9.34. The Morgan fingerprint density at radius 1 is 1.19 bits per heavy atom. The molecule has 0 bridgehead atoms. The second kappa shape index (κ2) is 7.80. The van der Waals surface area contributed by atoms with Crippen LogP contribution < -0.4 is 22.3 Å². The van der Waals surface area contributed by atoms with Gasteiger partial charge in [0.2, 0.25) is 5.95 Å². The number of nitrogen functional groups attached to an aromatic ring is 2. The number of anilines is 3. The molecule has 0 spiro atoms. The molecule has 1 unspecified atom stereocenters. The molecule has 0 aliphatic carbocycles. The van der Waals surface area contributed by atoms with Crippen molar-refractivity contribution in [3.8, 4) is 5.82 Å². The van der Waals surface area contributed by atoms with Crippen LogP contribution in [-0.2, 0) is 0 Å². The summed E-state index contributed by atoms with van der Waals surface area (Å²) in [5, 5.41) is 9.45. The Bertz CT molecular complexity index is 1320. The van der Waals surface area contributed by atoms with Crippen molar-refractivity contribution in [3.05, 3.63) is 57.2 Å². The predicted octanol–water partition coefficient (Wildman–Crippen LogP) is 2.83. The van der Waals surface area contributed by atoms with Crippen molar-refractivity contribution in [2.24, 2.45) is 0 Å². The molecular weight excluding hydrogens is 432 g/mol. The van der Waals surface area contributed by atoms with Crippen molar-refractivity contribution in [1.29, 1.82) is 0 Å². The molecule has 0 aliphatic rings. The first-order valence-electron chi connectivity index (χ1n) is 8.96. The van der Waals surface area contributed by atoms with Gasteiger partial charge in [0.05, 0.1) is 16.9 Å². The van der Waals surface area contributed by atoms with Crippen LogP contribution in [0, 0.1) is 0 Å². The number of benzene rings is 1. The predicted molar refractivity (Wildman–Crippen MR) is 112 cm³/mol. The third-order valence-electron chi connectivity index (χ3n) is 4.54. The van der Waals surface area contributed by atoms with Crippen LogP contribution in [0.3, 0.4) is 0 Å². The van der Waals surface area contributed by atoms with E-state index in [0.717, 1.165) is 4.57 Å². The molecule has 10 nitrogen and oxygen atoms in total. The zero-order valence-electron chi connectivity index (χ0n) is 16.0. The highest BCUT2D eigenvalue weighted by Gasteiger charge is 2.24. The fourth-order valence-corrected chi connectivity index (χ4v) is 3.33. The number of H-pyrrole nitrogens is 1. The SMILES string of the molecule is CC(Nc1nc(N)nc(N)c1Cl)c1nc2cccc(C(F)F)c2c(=O)n1-c1cc[nH]n1. The summed E-state index contributed by atoms with van der Waals surface area (Å²) >= 11 is 6.16. The molecule has 3 heterocycles. The minimum absolute atomic E-state index is 0.0263. The minimum atomic E-state index is -2.85. The van der Waals surface area contributed by atoms with Crippen LogP contribution in [0.25, 0.3) is 16.7 Å². The van der Waals surface area contributed by atoms with Gasteiger partial charge < -0.3 is 16.8 Å². The summed E-state index contributed by atoms with van der Waals surface area (Å²) in [5.74, 6) is 0.363. The number of aromatic nitrogens is 6. The van der Waals surface area contributed by atoms with E-state index in [0.29, 0.717) is 0 Å². The van der Waals surface area contributed by atoms with Gasteiger partial charge in [-0.05, 0) is 13.0 Å². The average Bonchev–Trinajstić information content (AvgIpc) is 3.25. The van der Waals surface area contributed by atoms with Gasteiger partial charge in [0.25, 0.3) is 12.0 Å². The Morgan fingerprint density at radius 3 is 2.65 bits per heavy atom. The highest BCUT2D eigenvalue weighted by atomic mass is 35.5. The van der Waals surface area contributed by atoms with Crippen molar-refractivity contribution in [2.45, 2.75) is 19.4 Å². The molecule has 0 fully saturated rings. The number of hydrogen-bond donors (Lipinski definition) is 4. The normalized spacial score (nSPS) is 12.4. The smallest absolute Gasteiger partial charge is 0.267 e. The molecule has 1 atom stereocenters. The first-order chi connectivity index (χ1) is 14.8. The van der Waals surface area contributed by atoms with Gasteiger partial charge >= 0.3 is 0 Å². The number of hydrogen-bond acceptors (Lipinski definition) is 8. The van der Waals surface area contributed by atoms with Crippen molar-refractivity contribution in [1.82, 2.24) is 29.7 Å². The molecule has 4 aromatic rings. The lowest BCUT2D eigenvalue weighted by Crippen LogP contribution is -2.28. The molecular formula is C18H16ClF2N9O. The van der Waals surface area contributed by atoms with Gasteiger partial charge in [0.1, 0.15) is 16.7 Å². The number of nitrogens with one attached hydrogen (secondary N) is 2. The van der Waals surface area contributed by atoms with Gasteiger partial charge in [0.15, 0.2) is 11.6 Å². The number of fused-ring (bicyclic) bond motifs is 1. The van der Waals surface area contributed by atoms with Crippen molar-refractivity contribution in [3.63, 3.8) is 0 Å². The Balaban J connectivity index is 1.93. The van der Waals surface area contributed by atoms with Crippen molar-refractivity contribution >= 4 is 40.1 Å². The van der Waals surface area contributed by atoms with Crippen LogP contribution in [0.5, 0.6) is 0 Å². The molecule has 1 aromatic carbocycles.